The maximum absolute atomic E-state index is 13.8. The Morgan fingerprint density at radius 1 is 0.935 bits per heavy atom. The van der Waals surface area contributed by atoms with E-state index in [1.54, 1.807) is 35.7 Å². The second-order valence-electron chi connectivity index (χ2n) is 7.79. The average Bonchev–Trinajstić information content (AvgIpc) is 2.84. The monoisotopic (exact) mass is 436 g/mol. The second kappa shape index (κ2) is 9.54. The van der Waals surface area contributed by atoms with E-state index in [1.807, 2.05) is 54.6 Å². The van der Waals surface area contributed by atoms with Crippen molar-refractivity contribution >= 4 is 15.7 Å². The minimum atomic E-state index is -3.73. The summed E-state index contributed by atoms with van der Waals surface area (Å²) in [5.74, 6) is 0.993. The number of hydrogen-bond acceptors (Lipinski definition) is 4. The lowest BCUT2D eigenvalue weighted by atomic mass is 9.97. The minimum absolute atomic E-state index is 0.297. The molecule has 5 nitrogen and oxygen atoms in total. The molecule has 1 N–H and O–H groups in total. The topological polar surface area (TPSA) is 58.6 Å². The molecule has 0 bridgehead atoms. The maximum Gasteiger partial charge on any atom is 0.264 e. The van der Waals surface area contributed by atoms with Crippen LogP contribution in [0.25, 0.3) is 11.1 Å². The first-order chi connectivity index (χ1) is 15.1. The van der Waals surface area contributed by atoms with Gasteiger partial charge in [-0.15, -0.1) is 0 Å². The van der Waals surface area contributed by atoms with Crippen molar-refractivity contribution in [1.29, 1.82) is 0 Å². The van der Waals surface area contributed by atoms with Crippen LogP contribution in [0.3, 0.4) is 0 Å². The molecule has 0 saturated carbocycles. The first-order valence-corrected chi connectivity index (χ1v) is 12.1. The fourth-order valence-electron chi connectivity index (χ4n) is 4.05. The molecule has 1 saturated heterocycles. The molecule has 31 heavy (non-hydrogen) atoms. The van der Waals surface area contributed by atoms with Gasteiger partial charge in [0.1, 0.15) is 5.75 Å². The fourth-order valence-corrected chi connectivity index (χ4v) is 5.63. The van der Waals surface area contributed by atoms with E-state index in [2.05, 4.69) is 5.32 Å². The van der Waals surface area contributed by atoms with Crippen LogP contribution in [-0.4, -0.2) is 35.2 Å². The molecule has 1 aliphatic heterocycles. The van der Waals surface area contributed by atoms with Crippen LogP contribution in [0, 0.1) is 5.92 Å². The molecule has 4 rings (SSSR count). The van der Waals surface area contributed by atoms with Crippen molar-refractivity contribution in [2.75, 3.05) is 31.0 Å². The molecule has 0 unspecified atom stereocenters. The van der Waals surface area contributed by atoms with Crippen LogP contribution >= 0.6 is 0 Å². The van der Waals surface area contributed by atoms with E-state index >= 15 is 0 Å². The van der Waals surface area contributed by atoms with Crippen molar-refractivity contribution in [2.45, 2.75) is 17.7 Å². The van der Waals surface area contributed by atoms with Crippen molar-refractivity contribution in [3.05, 3.63) is 78.9 Å². The van der Waals surface area contributed by atoms with Crippen LogP contribution in [0.2, 0.25) is 0 Å². The van der Waals surface area contributed by atoms with Gasteiger partial charge in [0.25, 0.3) is 10.0 Å². The number of nitrogens with one attached hydrogen (secondary N) is 1. The zero-order valence-corrected chi connectivity index (χ0v) is 18.5. The van der Waals surface area contributed by atoms with Crippen molar-refractivity contribution in [3.63, 3.8) is 0 Å². The molecule has 3 aromatic rings. The van der Waals surface area contributed by atoms with Crippen LogP contribution in [0.4, 0.5) is 5.69 Å². The summed E-state index contributed by atoms with van der Waals surface area (Å²) in [6, 6.07) is 24.2. The zero-order chi connectivity index (χ0) is 21.7. The van der Waals surface area contributed by atoms with E-state index in [9.17, 15) is 8.42 Å². The minimum Gasteiger partial charge on any atom is -0.497 e. The third kappa shape index (κ3) is 4.75. The lowest BCUT2D eigenvalue weighted by Gasteiger charge is -2.32. The zero-order valence-electron chi connectivity index (χ0n) is 17.7. The number of sulfonamides is 1. The largest absolute Gasteiger partial charge is 0.497 e. The molecule has 0 aromatic heterocycles. The van der Waals surface area contributed by atoms with Gasteiger partial charge in [0.15, 0.2) is 0 Å². The van der Waals surface area contributed by atoms with Crippen molar-refractivity contribution in [2.24, 2.45) is 5.92 Å². The molecule has 1 aliphatic rings. The van der Waals surface area contributed by atoms with Crippen LogP contribution in [0.1, 0.15) is 12.8 Å². The number of nitrogens with zero attached hydrogens (tertiary/aromatic N) is 1. The molecule has 162 valence electrons. The number of anilines is 1. The summed E-state index contributed by atoms with van der Waals surface area (Å²) >= 11 is 0. The summed E-state index contributed by atoms with van der Waals surface area (Å²) in [5, 5.41) is 3.37. The molecule has 0 radical (unpaired) electrons. The van der Waals surface area contributed by atoms with Crippen LogP contribution < -0.4 is 14.4 Å². The number of methoxy groups -OCH3 is 1. The van der Waals surface area contributed by atoms with Gasteiger partial charge in [0, 0.05) is 12.1 Å². The Morgan fingerprint density at radius 2 is 1.58 bits per heavy atom. The van der Waals surface area contributed by atoms with Crippen LogP contribution in [0.15, 0.2) is 83.8 Å². The summed E-state index contributed by atoms with van der Waals surface area (Å²) in [4.78, 5) is 0.304. The predicted octanol–water partition coefficient (Wildman–Crippen LogP) is 4.56. The smallest absolute Gasteiger partial charge is 0.264 e. The molecule has 1 fully saturated rings. The Morgan fingerprint density at radius 3 is 2.23 bits per heavy atom. The molecule has 3 aromatic carbocycles. The highest BCUT2D eigenvalue weighted by Gasteiger charge is 2.30. The van der Waals surface area contributed by atoms with E-state index in [4.69, 9.17) is 4.74 Å². The van der Waals surface area contributed by atoms with Gasteiger partial charge in [-0.1, -0.05) is 48.5 Å². The molecule has 0 spiro atoms. The quantitative estimate of drug-likeness (QED) is 0.590. The Balaban J connectivity index is 1.85. The van der Waals surface area contributed by atoms with Gasteiger partial charge in [0.05, 0.1) is 17.7 Å². The number of piperidine rings is 1. The Hall–Kier alpha value is -2.83. The number of ether oxygens (including phenoxy) is 1. The normalized spacial score (nSPS) is 14.9. The van der Waals surface area contributed by atoms with Gasteiger partial charge < -0.3 is 10.1 Å². The predicted molar refractivity (Wildman–Crippen MR) is 125 cm³/mol. The number of benzene rings is 3. The van der Waals surface area contributed by atoms with Gasteiger partial charge in [-0.25, -0.2) is 8.42 Å². The van der Waals surface area contributed by atoms with Crippen molar-refractivity contribution < 1.29 is 13.2 Å². The van der Waals surface area contributed by atoms with E-state index < -0.39 is 10.0 Å². The summed E-state index contributed by atoms with van der Waals surface area (Å²) in [7, 11) is -2.11. The average molecular weight is 437 g/mol. The lowest BCUT2D eigenvalue weighted by molar-refractivity contribution is 0.382. The first-order valence-electron chi connectivity index (χ1n) is 10.6. The standard InChI is InChI=1S/C25H28N2O3S/c1-30-22-12-13-25(24(18-22)21-8-4-2-5-9-21)27(19-20-14-16-26-17-15-20)31(28,29)23-10-6-3-7-11-23/h2-13,18,20,26H,14-17,19H2,1H3. The molecule has 0 atom stereocenters. The highest BCUT2D eigenvalue weighted by Crippen LogP contribution is 2.37. The van der Waals surface area contributed by atoms with Gasteiger partial charge in [0.2, 0.25) is 0 Å². The van der Waals surface area contributed by atoms with Gasteiger partial charge in [-0.05, 0) is 67.7 Å². The summed E-state index contributed by atoms with van der Waals surface area (Å²) in [5.41, 5.74) is 2.47. The molecular weight excluding hydrogens is 408 g/mol. The lowest BCUT2D eigenvalue weighted by Crippen LogP contribution is -2.39. The SMILES string of the molecule is COc1ccc(N(CC2CCNCC2)S(=O)(=O)c2ccccc2)c(-c2ccccc2)c1. The maximum atomic E-state index is 13.8. The molecule has 0 aliphatic carbocycles. The summed E-state index contributed by atoms with van der Waals surface area (Å²) < 4.78 is 34.7. The molecule has 6 heteroatoms. The van der Waals surface area contributed by atoms with Gasteiger partial charge in [-0.2, -0.15) is 0 Å². The molecular formula is C25H28N2O3S. The Labute approximate surface area is 184 Å². The molecule has 0 amide bonds. The highest BCUT2D eigenvalue weighted by atomic mass is 32.2. The van der Waals surface area contributed by atoms with Crippen LogP contribution in [-0.2, 0) is 10.0 Å². The number of rotatable bonds is 7. The van der Waals surface area contributed by atoms with E-state index in [0.717, 1.165) is 37.1 Å². The van der Waals surface area contributed by atoms with Gasteiger partial charge >= 0.3 is 0 Å². The Bertz CT molecular complexity index is 1100. The first kappa shape index (κ1) is 21.4. The van der Waals surface area contributed by atoms with Crippen molar-refractivity contribution in [3.8, 4) is 16.9 Å². The third-order valence-corrected chi connectivity index (χ3v) is 7.57. The summed E-state index contributed by atoms with van der Waals surface area (Å²) in [6.45, 7) is 2.28. The van der Waals surface area contributed by atoms with Gasteiger partial charge in [-0.3, -0.25) is 4.31 Å². The number of hydrogen-bond donors (Lipinski definition) is 1. The second-order valence-corrected chi connectivity index (χ2v) is 9.65. The highest BCUT2D eigenvalue weighted by molar-refractivity contribution is 7.92. The van der Waals surface area contributed by atoms with Crippen LogP contribution in [0.5, 0.6) is 5.75 Å². The summed E-state index contributed by atoms with van der Waals surface area (Å²) in [6.07, 6.45) is 1.91. The van der Waals surface area contributed by atoms with Crippen molar-refractivity contribution in [1.82, 2.24) is 5.32 Å². The fraction of sp³-hybridized carbons (Fsp3) is 0.280. The van der Waals surface area contributed by atoms with E-state index in [1.165, 1.54) is 0 Å². The van der Waals surface area contributed by atoms with E-state index in [0.29, 0.717) is 28.8 Å². The Kier molecular flexibility index (Phi) is 6.59. The third-order valence-electron chi connectivity index (χ3n) is 5.77. The molecule has 1 heterocycles. The van der Waals surface area contributed by atoms with E-state index in [-0.39, 0.29) is 0 Å².